The number of aromatic nitrogens is 2. The van der Waals surface area contributed by atoms with Gasteiger partial charge in [0, 0.05) is 29.7 Å². The van der Waals surface area contributed by atoms with E-state index in [0.717, 1.165) is 29.4 Å². The van der Waals surface area contributed by atoms with Crippen LogP contribution in [0.25, 0.3) is 11.4 Å². The summed E-state index contributed by atoms with van der Waals surface area (Å²) in [6.07, 6.45) is 0. The molecule has 1 aliphatic heterocycles. The Labute approximate surface area is 170 Å². The van der Waals surface area contributed by atoms with E-state index in [2.05, 4.69) is 46.2 Å². The van der Waals surface area contributed by atoms with Gasteiger partial charge in [0.25, 0.3) is 0 Å². The highest BCUT2D eigenvalue weighted by atomic mass is 32.2. The average molecular weight is 396 g/mol. The normalized spacial score (nSPS) is 17.6. The van der Waals surface area contributed by atoms with Crippen LogP contribution in [-0.4, -0.2) is 39.7 Å². The Hall–Kier alpha value is -2.31. The van der Waals surface area contributed by atoms with Gasteiger partial charge in [0.1, 0.15) is 5.75 Å². The molecule has 146 valence electrons. The summed E-state index contributed by atoms with van der Waals surface area (Å²) in [5.41, 5.74) is 3.57. The van der Waals surface area contributed by atoms with Gasteiger partial charge in [-0.05, 0) is 43.7 Å². The zero-order valence-electron chi connectivity index (χ0n) is 16.3. The largest absolute Gasteiger partial charge is 0.494 e. The molecule has 5 nitrogen and oxygen atoms in total. The van der Waals surface area contributed by atoms with Crippen LogP contribution in [0.5, 0.6) is 5.75 Å². The minimum Gasteiger partial charge on any atom is -0.494 e. The van der Waals surface area contributed by atoms with Gasteiger partial charge in [-0.15, -0.1) is 0 Å². The lowest BCUT2D eigenvalue weighted by Crippen LogP contribution is -2.35. The number of hydrogen-bond acceptors (Lipinski definition) is 6. The smallest absolute Gasteiger partial charge is 0.241 e. The van der Waals surface area contributed by atoms with Crippen LogP contribution in [0, 0.1) is 6.92 Å². The molecular weight excluding hydrogens is 370 g/mol. The zero-order valence-corrected chi connectivity index (χ0v) is 17.1. The lowest BCUT2D eigenvalue weighted by molar-refractivity contribution is 0.184. The number of aryl methyl sites for hydroxylation is 1. The first kappa shape index (κ1) is 19.0. The van der Waals surface area contributed by atoms with Crippen molar-refractivity contribution in [1.29, 1.82) is 0 Å². The third-order valence-corrected chi connectivity index (χ3v) is 5.95. The summed E-state index contributed by atoms with van der Waals surface area (Å²) in [4.78, 5) is 7.07. The summed E-state index contributed by atoms with van der Waals surface area (Å²) in [7, 11) is 0. The maximum atomic E-state index is 5.56. The fourth-order valence-corrected chi connectivity index (χ4v) is 4.56. The lowest BCUT2D eigenvalue weighted by Gasteiger charge is -2.34. The second kappa shape index (κ2) is 8.80. The predicted octanol–water partition coefficient (Wildman–Crippen LogP) is 4.73. The number of benzene rings is 2. The van der Waals surface area contributed by atoms with E-state index >= 15 is 0 Å². The van der Waals surface area contributed by atoms with Crippen LogP contribution < -0.4 is 4.74 Å². The van der Waals surface area contributed by atoms with E-state index in [-0.39, 0.29) is 0 Å². The van der Waals surface area contributed by atoms with Gasteiger partial charge < -0.3 is 9.26 Å². The molecule has 0 amide bonds. The number of ether oxygens (including phenoxy) is 1. The molecule has 0 N–H and O–H groups in total. The molecule has 1 aromatic heterocycles. The Morgan fingerprint density at radius 1 is 1.14 bits per heavy atom. The van der Waals surface area contributed by atoms with Crippen molar-refractivity contribution >= 4 is 11.8 Å². The van der Waals surface area contributed by atoms with E-state index < -0.39 is 0 Å². The molecule has 2 aromatic carbocycles. The summed E-state index contributed by atoms with van der Waals surface area (Å²) in [5, 5.41) is 4.18. The van der Waals surface area contributed by atoms with E-state index in [9.17, 15) is 0 Å². The quantitative estimate of drug-likeness (QED) is 0.601. The van der Waals surface area contributed by atoms with Crippen LogP contribution in [0.1, 0.15) is 30.0 Å². The van der Waals surface area contributed by atoms with Crippen LogP contribution in [0.4, 0.5) is 0 Å². The predicted molar refractivity (Wildman–Crippen MR) is 113 cm³/mol. The first-order valence-electron chi connectivity index (χ1n) is 9.67. The number of rotatable bonds is 6. The van der Waals surface area contributed by atoms with Crippen molar-refractivity contribution < 1.29 is 9.26 Å². The third-order valence-electron chi connectivity index (χ3n) is 4.93. The minimum absolute atomic E-state index is 0.375. The molecule has 1 fully saturated rings. The molecule has 3 aromatic rings. The zero-order chi connectivity index (χ0) is 19.3. The Morgan fingerprint density at radius 2 is 1.93 bits per heavy atom. The van der Waals surface area contributed by atoms with Crippen molar-refractivity contribution in [2.24, 2.45) is 0 Å². The monoisotopic (exact) mass is 395 g/mol. The molecule has 1 atom stereocenters. The van der Waals surface area contributed by atoms with Crippen LogP contribution in [0.15, 0.2) is 53.1 Å². The van der Waals surface area contributed by atoms with Crippen molar-refractivity contribution in [2.75, 3.05) is 24.7 Å². The van der Waals surface area contributed by atoms with Crippen molar-refractivity contribution in [3.05, 3.63) is 65.5 Å². The van der Waals surface area contributed by atoms with Gasteiger partial charge in [-0.1, -0.05) is 35.0 Å². The second-order valence-electron chi connectivity index (χ2n) is 6.94. The standard InChI is InChI=1S/C22H25N3O2S/c1-3-26-19-10-8-18(9-11-19)22-23-21(27-24-22)14-25-12-13-28-15-20(25)17-6-4-16(2)5-7-17/h4-11,20H,3,12-15H2,1-2H3. The summed E-state index contributed by atoms with van der Waals surface area (Å²) in [5.74, 6) is 4.34. The molecule has 6 heteroatoms. The van der Waals surface area contributed by atoms with Gasteiger partial charge in [0.05, 0.1) is 13.2 Å². The third kappa shape index (κ3) is 4.39. The first-order valence-corrected chi connectivity index (χ1v) is 10.8. The van der Waals surface area contributed by atoms with Gasteiger partial charge in [0.2, 0.25) is 11.7 Å². The van der Waals surface area contributed by atoms with Gasteiger partial charge >= 0.3 is 0 Å². The molecular formula is C22H25N3O2S. The lowest BCUT2D eigenvalue weighted by atomic mass is 10.0. The highest BCUT2D eigenvalue weighted by molar-refractivity contribution is 7.99. The van der Waals surface area contributed by atoms with Gasteiger partial charge in [-0.25, -0.2) is 0 Å². The first-order chi connectivity index (χ1) is 13.7. The highest BCUT2D eigenvalue weighted by Gasteiger charge is 2.26. The van der Waals surface area contributed by atoms with E-state index in [1.165, 1.54) is 11.1 Å². The Kier molecular flexibility index (Phi) is 5.98. The van der Waals surface area contributed by atoms with E-state index in [0.29, 0.717) is 30.9 Å². The highest BCUT2D eigenvalue weighted by Crippen LogP contribution is 2.31. The van der Waals surface area contributed by atoms with Crippen molar-refractivity contribution in [2.45, 2.75) is 26.4 Å². The topological polar surface area (TPSA) is 51.4 Å². The Bertz CT molecular complexity index is 893. The van der Waals surface area contributed by atoms with Crippen LogP contribution in [-0.2, 0) is 6.54 Å². The molecule has 0 radical (unpaired) electrons. The molecule has 0 aliphatic carbocycles. The second-order valence-corrected chi connectivity index (χ2v) is 8.09. The van der Waals surface area contributed by atoms with Crippen LogP contribution >= 0.6 is 11.8 Å². The van der Waals surface area contributed by atoms with Crippen molar-refractivity contribution in [3.8, 4) is 17.1 Å². The molecule has 1 saturated heterocycles. The molecule has 28 heavy (non-hydrogen) atoms. The summed E-state index contributed by atoms with van der Waals surface area (Å²) >= 11 is 2.00. The van der Waals surface area contributed by atoms with Gasteiger partial charge in [-0.3, -0.25) is 4.90 Å². The summed E-state index contributed by atoms with van der Waals surface area (Å²) in [6.45, 7) is 6.44. The molecule has 2 heterocycles. The van der Waals surface area contributed by atoms with Crippen molar-refractivity contribution in [3.63, 3.8) is 0 Å². The van der Waals surface area contributed by atoms with Crippen LogP contribution in [0.3, 0.4) is 0 Å². The Balaban J connectivity index is 1.48. The minimum atomic E-state index is 0.375. The number of nitrogens with zero attached hydrogens (tertiary/aromatic N) is 3. The molecule has 0 bridgehead atoms. The summed E-state index contributed by atoms with van der Waals surface area (Å²) in [6, 6.07) is 17.0. The fraction of sp³-hybridized carbons (Fsp3) is 0.364. The van der Waals surface area contributed by atoms with Crippen molar-refractivity contribution in [1.82, 2.24) is 15.0 Å². The maximum Gasteiger partial charge on any atom is 0.241 e. The molecule has 0 saturated carbocycles. The SMILES string of the molecule is CCOc1ccc(-c2noc(CN3CCSCC3c3ccc(C)cc3)n2)cc1. The Morgan fingerprint density at radius 3 is 2.68 bits per heavy atom. The number of thioether (sulfide) groups is 1. The van der Waals surface area contributed by atoms with Gasteiger partial charge in [-0.2, -0.15) is 16.7 Å². The van der Waals surface area contributed by atoms with E-state index in [4.69, 9.17) is 9.26 Å². The molecule has 0 spiro atoms. The van der Waals surface area contributed by atoms with Crippen LogP contribution in [0.2, 0.25) is 0 Å². The maximum absolute atomic E-state index is 5.56. The number of hydrogen-bond donors (Lipinski definition) is 0. The van der Waals surface area contributed by atoms with E-state index in [1.807, 2.05) is 43.0 Å². The summed E-state index contributed by atoms with van der Waals surface area (Å²) < 4.78 is 11.1. The molecule has 4 rings (SSSR count). The molecule has 1 aliphatic rings. The van der Waals surface area contributed by atoms with E-state index in [1.54, 1.807) is 0 Å². The average Bonchev–Trinajstić information content (AvgIpc) is 3.18. The van der Waals surface area contributed by atoms with Gasteiger partial charge in [0.15, 0.2) is 0 Å². The fourth-order valence-electron chi connectivity index (χ4n) is 3.40. The molecule has 1 unspecified atom stereocenters.